The van der Waals surface area contributed by atoms with Crippen molar-refractivity contribution in [2.75, 3.05) is 19.5 Å². The lowest BCUT2D eigenvalue weighted by Crippen LogP contribution is -2.25. The number of hydrogen-bond donors (Lipinski definition) is 0. The fourth-order valence-electron chi connectivity index (χ4n) is 1.77. The third kappa shape index (κ3) is 2.57. The van der Waals surface area contributed by atoms with Gasteiger partial charge >= 0.3 is 0 Å². The third-order valence-corrected chi connectivity index (χ3v) is 3.48. The molecule has 0 saturated heterocycles. The van der Waals surface area contributed by atoms with E-state index in [0.717, 1.165) is 16.4 Å². The normalized spacial score (nSPS) is 11.0. The van der Waals surface area contributed by atoms with Crippen molar-refractivity contribution in [3.05, 3.63) is 34.6 Å². The van der Waals surface area contributed by atoms with E-state index in [1.54, 1.807) is 23.4 Å². The van der Waals surface area contributed by atoms with Gasteiger partial charge in [0.05, 0.1) is 24.1 Å². The Morgan fingerprint density at radius 3 is 2.89 bits per heavy atom. The summed E-state index contributed by atoms with van der Waals surface area (Å²) in [6, 6.07) is 7.44. The Bertz CT molecular complexity index is 595. The number of hydrogen-bond acceptors (Lipinski definition) is 4. The van der Waals surface area contributed by atoms with Crippen LogP contribution in [0.4, 0.5) is 0 Å². The molecule has 2 rings (SSSR count). The average molecular weight is 264 g/mol. The van der Waals surface area contributed by atoms with Crippen LogP contribution in [-0.4, -0.2) is 29.0 Å². The van der Waals surface area contributed by atoms with Gasteiger partial charge in [-0.15, -0.1) is 0 Å². The second-order valence-corrected chi connectivity index (χ2v) is 5.03. The molecule has 5 heteroatoms. The third-order valence-electron chi connectivity index (χ3n) is 2.62. The number of para-hydroxylation sites is 1. The van der Waals surface area contributed by atoms with Gasteiger partial charge in [0, 0.05) is 7.11 Å². The van der Waals surface area contributed by atoms with Gasteiger partial charge in [0.1, 0.15) is 0 Å². The summed E-state index contributed by atoms with van der Waals surface area (Å²) in [6.45, 7) is 3.10. The molecule has 1 aromatic heterocycles. The Balaban J connectivity index is 2.59. The van der Waals surface area contributed by atoms with E-state index in [1.165, 1.54) is 0 Å². The van der Waals surface area contributed by atoms with Gasteiger partial charge in [-0.05, 0) is 17.9 Å². The molecule has 0 aliphatic carbocycles. The molecule has 4 nitrogen and oxygen atoms in total. The molecule has 1 aromatic carbocycles. The number of methoxy groups -OCH3 is 1. The lowest BCUT2D eigenvalue weighted by Gasteiger charge is -2.11. The van der Waals surface area contributed by atoms with Gasteiger partial charge in [-0.3, -0.25) is 9.36 Å². The van der Waals surface area contributed by atoms with E-state index in [4.69, 9.17) is 4.74 Å². The summed E-state index contributed by atoms with van der Waals surface area (Å²) < 4.78 is 6.74. The second-order valence-electron chi connectivity index (χ2n) is 3.79. The zero-order chi connectivity index (χ0) is 13.0. The highest BCUT2D eigenvalue weighted by molar-refractivity contribution is 7.99. The summed E-state index contributed by atoms with van der Waals surface area (Å²) in [5, 5.41) is 1.42. The minimum atomic E-state index is 0.00796. The SMILES string of the molecule is CCSc1nc2ccccc2c(=O)n1CCOC. The van der Waals surface area contributed by atoms with Crippen LogP contribution in [0.2, 0.25) is 0 Å². The predicted molar refractivity (Wildman–Crippen MR) is 74.3 cm³/mol. The molecule has 0 amide bonds. The van der Waals surface area contributed by atoms with E-state index in [2.05, 4.69) is 4.98 Å². The molecule has 0 aliphatic rings. The van der Waals surface area contributed by atoms with E-state index in [0.29, 0.717) is 18.5 Å². The first kappa shape index (κ1) is 13.1. The molecule has 18 heavy (non-hydrogen) atoms. The van der Waals surface area contributed by atoms with Crippen molar-refractivity contribution >= 4 is 22.7 Å². The number of ether oxygens (including phenoxy) is 1. The maximum absolute atomic E-state index is 12.4. The molecule has 1 heterocycles. The maximum Gasteiger partial charge on any atom is 0.262 e. The summed E-state index contributed by atoms with van der Waals surface area (Å²) in [4.78, 5) is 16.9. The van der Waals surface area contributed by atoms with Crippen molar-refractivity contribution < 1.29 is 4.74 Å². The minimum Gasteiger partial charge on any atom is -0.383 e. The molecule has 2 aromatic rings. The van der Waals surface area contributed by atoms with E-state index in [-0.39, 0.29) is 5.56 Å². The molecule has 0 fully saturated rings. The first-order valence-electron chi connectivity index (χ1n) is 5.89. The van der Waals surface area contributed by atoms with Crippen molar-refractivity contribution in [2.45, 2.75) is 18.6 Å². The number of fused-ring (bicyclic) bond motifs is 1. The molecule has 0 saturated carbocycles. The van der Waals surface area contributed by atoms with Crippen molar-refractivity contribution in [3.63, 3.8) is 0 Å². The molecule has 0 bridgehead atoms. The number of rotatable bonds is 5. The highest BCUT2D eigenvalue weighted by atomic mass is 32.2. The average Bonchev–Trinajstić information content (AvgIpc) is 2.39. The Kier molecular flexibility index (Phi) is 4.38. The quantitative estimate of drug-likeness (QED) is 0.613. The summed E-state index contributed by atoms with van der Waals surface area (Å²) >= 11 is 1.58. The summed E-state index contributed by atoms with van der Waals surface area (Å²) in [5.74, 6) is 0.887. The van der Waals surface area contributed by atoms with E-state index in [1.807, 2.05) is 31.2 Å². The van der Waals surface area contributed by atoms with Crippen LogP contribution < -0.4 is 5.56 Å². The zero-order valence-corrected chi connectivity index (χ0v) is 11.4. The van der Waals surface area contributed by atoms with Crippen LogP contribution in [0.3, 0.4) is 0 Å². The van der Waals surface area contributed by atoms with Gasteiger partial charge in [-0.25, -0.2) is 4.98 Å². The molecule has 96 valence electrons. The molecular formula is C13H16N2O2S. The first-order chi connectivity index (χ1) is 8.77. The van der Waals surface area contributed by atoms with Gasteiger partial charge < -0.3 is 4.74 Å². The second kappa shape index (κ2) is 6.02. The Labute approximate surface area is 110 Å². The van der Waals surface area contributed by atoms with Crippen molar-refractivity contribution in [1.82, 2.24) is 9.55 Å². The van der Waals surface area contributed by atoms with Crippen molar-refractivity contribution in [1.29, 1.82) is 0 Å². The number of nitrogens with zero attached hydrogens (tertiary/aromatic N) is 2. The molecule has 0 spiro atoms. The highest BCUT2D eigenvalue weighted by Gasteiger charge is 2.10. The monoisotopic (exact) mass is 264 g/mol. The molecule has 0 radical (unpaired) electrons. The van der Waals surface area contributed by atoms with Crippen LogP contribution >= 0.6 is 11.8 Å². The lowest BCUT2D eigenvalue weighted by molar-refractivity contribution is 0.183. The van der Waals surface area contributed by atoms with Crippen molar-refractivity contribution in [3.8, 4) is 0 Å². The van der Waals surface area contributed by atoms with Gasteiger partial charge in [0.2, 0.25) is 0 Å². The predicted octanol–water partition coefficient (Wildman–Crippen LogP) is 2.15. The zero-order valence-electron chi connectivity index (χ0n) is 10.5. The van der Waals surface area contributed by atoms with Crippen LogP contribution in [0.1, 0.15) is 6.92 Å². The lowest BCUT2D eigenvalue weighted by atomic mass is 10.2. The number of thioether (sulfide) groups is 1. The summed E-state index contributed by atoms with van der Waals surface area (Å²) in [7, 11) is 1.63. The minimum absolute atomic E-state index is 0.00796. The Morgan fingerprint density at radius 1 is 1.39 bits per heavy atom. The van der Waals surface area contributed by atoms with Crippen LogP contribution in [-0.2, 0) is 11.3 Å². The van der Waals surface area contributed by atoms with Gasteiger partial charge in [-0.2, -0.15) is 0 Å². The number of aromatic nitrogens is 2. The topological polar surface area (TPSA) is 44.1 Å². The van der Waals surface area contributed by atoms with Crippen LogP contribution in [0.5, 0.6) is 0 Å². The fraction of sp³-hybridized carbons (Fsp3) is 0.385. The van der Waals surface area contributed by atoms with Crippen LogP contribution in [0.25, 0.3) is 10.9 Å². The van der Waals surface area contributed by atoms with Gasteiger partial charge in [-0.1, -0.05) is 30.8 Å². The van der Waals surface area contributed by atoms with Crippen LogP contribution in [0.15, 0.2) is 34.2 Å². The van der Waals surface area contributed by atoms with Crippen molar-refractivity contribution in [2.24, 2.45) is 0 Å². The first-order valence-corrected chi connectivity index (χ1v) is 6.87. The highest BCUT2D eigenvalue weighted by Crippen LogP contribution is 2.17. The number of benzene rings is 1. The van der Waals surface area contributed by atoms with E-state index in [9.17, 15) is 4.79 Å². The van der Waals surface area contributed by atoms with Gasteiger partial charge in [0.15, 0.2) is 5.16 Å². The summed E-state index contributed by atoms with van der Waals surface area (Å²) in [6.07, 6.45) is 0. The molecule has 0 unspecified atom stereocenters. The van der Waals surface area contributed by atoms with Gasteiger partial charge in [0.25, 0.3) is 5.56 Å². The van der Waals surface area contributed by atoms with E-state index < -0.39 is 0 Å². The molecule has 0 atom stereocenters. The largest absolute Gasteiger partial charge is 0.383 e. The molecular weight excluding hydrogens is 248 g/mol. The Morgan fingerprint density at radius 2 is 2.17 bits per heavy atom. The molecule has 0 aliphatic heterocycles. The smallest absolute Gasteiger partial charge is 0.262 e. The van der Waals surface area contributed by atoms with E-state index >= 15 is 0 Å². The standard InChI is InChI=1S/C13H16N2O2S/c1-3-18-13-14-11-7-5-4-6-10(11)12(16)15(13)8-9-17-2/h4-7H,3,8-9H2,1-2H3. The summed E-state index contributed by atoms with van der Waals surface area (Å²) in [5.41, 5.74) is 0.765. The molecule has 0 N–H and O–H groups in total. The fourth-order valence-corrected chi connectivity index (χ4v) is 2.52. The van der Waals surface area contributed by atoms with Crippen LogP contribution in [0, 0.1) is 0 Å². The Hall–Kier alpha value is -1.33. The maximum atomic E-state index is 12.4.